The number of benzene rings is 3. The number of alkyl halides is 3. The Morgan fingerprint density at radius 2 is 1.69 bits per heavy atom. The fourth-order valence-electron chi connectivity index (χ4n) is 3.47. The molecule has 4 aromatic rings. The van der Waals surface area contributed by atoms with Crippen molar-refractivity contribution in [2.75, 3.05) is 36.2 Å². The number of urea groups is 1. The lowest BCUT2D eigenvalue weighted by Gasteiger charge is -2.13. The Balaban J connectivity index is 1.41. The number of nitrogens with one attached hydrogen (secondary N) is 2. The number of halogens is 4. The molecule has 39 heavy (non-hydrogen) atoms. The van der Waals surface area contributed by atoms with Crippen LogP contribution >= 0.6 is 0 Å². The molecule has 9 nitrogen and oxygen atoms in total. The van der Waals surface area contributed by atoms with Crippen molar-refractivity contribution in [3.8, 4) is 17.4 Å². The first-order valence-corrected chi connectivity index (χ1v) is 11.6. The van der Waals surface area contributed by atoms with Crippen molar-refractivity contribution in [2.24, 2.45) is 0 Å². The SMILES string of the molecule is CCOCCOc1cc2ncnc(Oc3ccc(NC(=O)Nc4ccc(F)c(C(F)(F)F)c4)cc3)c2cc1N. The van der Waals surface area contributed by atoms with Crippen LogP contribution in [-0.2, 0) is 10.9 Å². The summed E-state index contributed by atoms with van der Waals surface area (Å²) >= 11 is 0. The smallest absolute Gasteiger partial charge is 0.419 e. The fourth-order valence-corrected chi connectivity index (χ4v) is 3.47. The van der Waals surface area contributed by atoms with E-state index in [-0.39, 0.29) is 11.6 Å². The fraction of sp³-hybridized carbons (Fsp3) is 0.192. The molecule has 2 amide bonds. The molecule has 0 bridgehead atoms. The number of fused-ring (bicyclic) bond motifs is 1. The van der Waals surface area contributed by atoms with Crippen LogP contribution in [0.2, 0.25) is 0 Å². The van der Waals surface area contributed by atoms with E-state index in [1.54, 1.807) is 24.3 Å². The molecule has 0 fully saturated rings. The number of amides is 2. The van der Waals surface area contributed by atoms with E-state index in [0.717, 1.165) is 6.07 Å². The van der Waals surface area contributed by atoms with Crippen LogP contribution in [0.4, 0.5) is 39.4 Å². The number of nitrogens with two attached hydrogens (primary N) is 1. The predicted octanol–water partition coefficient (Wildman–Crippen LogP) is 6.22. The standard InChI is InChI=1S/C26H23F4N5O4/c1-2-37-9-10-38-23-13-22-18(12-21(23)31)24(33-14-32-22)39-17-6-3-15(4-7-17)34-25(36)35-16-5-8-20(27)19(11-16)26(28,29)30/h3-8,11-14H,2,9-10,31H2,1H3,(H2,34,35,36). The van der Waals surface area contributed by atoms with E-state index in [0.29, 0.717) is 65.7 Å². The first-order valence-electron chi connectivity index (χ1n) is 11.6. The second-order valence-corrected chi connectivity index (χ2v) is 8.03. The summed E-state index contributed by atoms with van der Waals surface area (Å²) in [6.45, 7) is 3.22. The Labute approximate surface area is 219 Å². The van der Waals surface area contributed by atoms with Gasteiger partial charge in [-0.3, -0.25) is 0 Å². The van der Waals surface area contributed by atoms with Crippen LogP contribution < -0.4 is 25.8 Å². The minimum Gasteiger partial charge on any atom is -0.489 e. The molecule has 0 spiro atoms. The lowest BCUT2D eigenvalue weighted by molar-refractivity contribution is -0.139. The van der Waals surface area contributed by atoms with Crippen LogP contribution in [0.15, 0.2) is 60.9 Å². The van der Waals surface area contributed by atoms with Gasteiger partial charge in [-0.05, 0) is 55.5 Å². The number of ether oxygens (including phenoxy) is 3. The number of carbonyl (C=O) groups excluding carboxylic acids is 1. The van der Waals surface area contributed by atoms with Crippen molar-refractivity contribution in [2.45, 2.75) is 13.1 Å². The Hall–Kier alpha value is -4.65. The molecular formula is C26H23F4N5O4. The summed E-state index contributed by atoms with van der Waals surface area (Å²) in [4.78, 5) is 20.6. The van der Waals surface area contributed by atoms with Gasteiger partial charge in [-0.25, -0.2) is 19.2 Å². The average Bonchev–Trinajstić information content (AvgIpc) is 2.89. The van der Waals surface area contributed by atoms with Gasteiger partial charge in [-0.1, -0.05) is 0 Å². The van der Waals surface area contributed by atoms with Gasteiger partial charge in [0.15, 0.2) is 0 Å². The summed E-state index contributed by atoms with van der Waals surface area (Å²) in [5, 5.41) is 5.26. The van der Waals surface area contributed by atoms with Crippen molar-refractivity contribution in [3.05, 3.63) is 72.3 Å². The number of hydrogen-bond donors (Lipinski definition) is 3. The highest BCUT2D eigenvalue weighted by atomic mass is 19.4. The summed E-state index contributed by atoms with van der Waals surface area (Å²) in [6.07, 6.45) is -3.56. The molecule has 204 valence electrons. The van der Waals surface area contributed by atoms with Gasteiger partial charge in [-0.2, -0.15) is 13.2 Å². The van der Waals surface area contributed by atoms with Crippen molar-refractivity contribution in [1.29, 1.82) is 0 Å². The third-order valence-electron chi connectivity index (χ3n) is 5.28. The molecule has 4 N–H and O–H groups in total. The van der Waals surface area contributed by atoms with Crippen LogP contribution in [-0.4, -0.2) is 35.8 Å². The van der Waals surface area contributed by atoms with Gasteiger partial charge < -0.3 is 30.6 Å². The topological polar surface area (TPSA) is 121 Å². The number of nitrogen functional groups attached to an aromatic ring is 1. The van der Waals surface area contributed by atoms with Gasteiger partial charge in [0.2, 0.25) is 5.88 Å². The highest BCUT2D eigenvalue weighted by Crippen LogP contribution is 2.34. The third-order valence-corrected chi connectivity index (χ3v) is 5.28. The highest BCUT2D eigenvalue weighted by Gasteiger charge is 2.34. The molecule has 0 atom stereocenters. The molecule has 0 unspecified atom stereocenters. The number of anilines is 3. The monoisotopic (exact) mass is 545 g/mol. The number of carbonyl (C=O) groups is 1. The number of nitrogens with zero attached hydrogens (tertiary/aromatic N) is 2. The molecule has 1 aromatic heterocycles. The lowest BCUT2D eigenvalue weighted by Crippen LogP contribution is -2.20. The number of rotatable bonds is 9. The summed E-state index contributed by atoms with van der Waals surface area (Å²) in [5.41, 5.74) is 5.66. The van der Waals surface area contributed by atoms with Crippen molar-refractivity contribution in [1.82, 2.24) is 9.97 Å². The Bertz CT molecular complexity index is 1470. The molecular weight excluding hydrogens is 522 g/mol. The van der Waals surface area contributed by atoms with Crippen molar-refractivity contribution >= 4 is 34.0 Å². The van der Waals surface area contributed by atoms with Crippen LogP contribution in [0.5, 0.6) is 17.4 Å². The maximum absolute atomic E-state index is 13.5. The van der Waals surface area contributed by atoms with Gasteiger partial charge in [0.05, 0.1) is 28.8 Å². The first-order chi connectivity index (χ1) is 18.6. The van der Waals surface area contributed by atoms with Crippen molar-refractivity contribution in [3.63, 3.8) is 0 Å². The van der Waals surface area contributed by atoms with Crippen LogP contribution in [0.25, 0.3) is 10.9 Å². The maximum Gasteiger partial charge on any atom is 0.419 e. The number of aromatic nitrogens is 2. The highest BCUT2D eigenvalue weighted by molar-refractivity contribution is 5.99. The Morgan fingerprint density at radius 1 is 0.974 bits per heavy atom. The summed E-state index contributed by atoms with van der Waals surface area (Å²) in [6, 6.07) is 10.8. The maximum atomic E-state index is 13.5. The minimum atomic E-state index is -4.89. The van der Waals surface area contributed by atoms with E-state index < -0.39 is 23.6 Å². The van der Waals surface area contributed by atoms with Crippen LogP contribution in [0.3, 0.4) is 0 Å². The second-order valence-electron chi connectivity index (χ2n) is 8.03. The Morgan fingerprint density at radius 3 is 2.41 bits per heavy atom. The summed E-state index contributed by atoms with van der Waals surface area (Å²) in [5.74, 6) is -0.363. The van der Waals surface area contributed by atoms with E-state index in [4.69, 9.17) is 19.9 Å². The normalized spacial score (nSPS) is 11.3. The Kier molecular flexibility index (Phi) is 8.30. The molecule has 0 saturated carbocycles. The zero-order valence-corrected chi connectivity index (χ0v) is 20.5. The zero-order chi connectivity index (χ0) is 28.0. The van der Waals surface area contributed by atoms with E-state index >= 15 is 0 Å². The van der Waals surface area contributed by atoms with Gasteiger partial charge in [-0.15, -0.1) is 0 Å². The molecule has 0 radical (unpaired) electrons. The van der Waals surface area contributed by atoms with E-state index in [9.17, 15) is 22.4 Å². The predicted molar refractivity (Wildman–Crippen MR) is 136 cm³/mol. The summed E-state index contributed by atoms with van der Waals surface area (Å²) in [7, 11) is 0. The quantitative estimate of drug-likeness (QED) is 0.130. The van der Waals surface area contributed by atoms with Gasteiger partial charge in [0, 0.05) is 24.0 Å². The largest absolute Gasteiger partial charge is 0.489 e. The van der Waals surface area contributed by atoms with E-state index in [2.05, 4.69) is 20.6 Å². The molecule has 1 heterocycles. The van der Waals surface area contributed by atoms with Gasteiger partial charge >= 0.3 is 12.2 Å². The molecule has 13 heteroatoms. The summed E-state index contributed by atoms with van der Waals surface area (Å²) < 4.78 is 68.9. The van der Waals surface area contributed by atoms with Gasteiger partial charge in [0.1, 0.15) is 30.3 Å². The van der Waals surface area contributed by atoms with Gasteiger partial charge in [0.25, 0.3) is 0 Å². The number of hydrogen-bond acceptors (Lipinski definition) is 7. The molecule has 0 saturated heterocycles. The van der Waals surface area contributed by atoms with Crippen LogP contribution in [0.1, 0.15) is 12.5 Å². The van der Waals surface area contributed by atoms with Crippen LogP contribution in [0, 0.1) is 5.82 Å². The molecule has 0 aliphatic carbocycles. The molecule has 0 aliphatic rings. The average molecular weight is 545 g/mol. The third kappa shape index (κ3) is 7.02. The molecule has 4 rings (SSSR count). The molecule has 0 aliphatic heterocycles. The van der Waals surface area contributed by atoms with E-state index in [1.165, 1.54) is 18.5 Å². The first kappa shape index (κ1) is 27.4. The van der Waals surface area contributed by atoms with Crippen molar-refractivity contribution < 1.29 is 36.6 Å². The lowest BCUT2D eigenvalue weighted by atomic mass is 10.2. The molecule has 3 aromatic carbocycles. The second kappa shape index (κ2) is 11.8. The van der Waals surface area contributed by atoms with E-state index in [1.807, 2.05) is 6.92 Å². The minimum absolute atomic E-state index is 0.223. The zero-order valence-electron chi connectivity index (χ0n) is 20.5.